The number of rotatable bonds is 9. The number of amides is 2. The highest BCUT2D eigenvalue weighted by Crippen LogP contribution is 2.47. The van der Waals surface area contributed by atoms with Crippen LogP contribution < -0.4 is 16.5 Å². The largest absolute Gasteiger partial charge is 0.366 e. The number of carbonyl (C=O) groups excluding carboxylic acids is 3. The zero-order valence-electron chi connectivity index (χ0n) is 22.2. The molecule has 4 N–H and O–H groups in total. The Hall–Kier alpha value is -4.77. The highest BCUT2D eigenvalue weighted by molar-refractivity contribution is 5.94. The van der Waals surface area contributed by atoms with Crippen LogP contribution in [0.5, 0.6) is 0 Å². The molecule has 0 saturated heterocycles. The zero-order chi connectivity index (χ0) is 29.5. The van der Waals surface area contributed by atoms with Gasteiger partial charge in [0.15, 0.2) is 0 Å². The van der Waals surface area contributed by atoms with Crippen LogP contribution in [-0.2, 0) is 16.0 Å². The van der Waals surface area contributed by atoms with Crippen LogP contribution in [0.15, 0.2) is 77.6 Å². The van der Waals surface area contributed by atoms with E-state index in [1.54, 1.807) is 17.1 Å². The van der Waals surface area contributed by atoms with E-state index in [9.17, 15) is 27.6 Å². The number of nitrogens with one attached hydrogen (secondary N) is 2. The minimum atomic E-state index is -0.948. The number of nitrogens with zero attached hydrogens (tertiary/aromatic N) is 2. The van der Waals surface area contributed by atoms with Gasteiger partial charge in [-0.15, -0.1) is 0 Å². The molecule has 0 unspecified atom stereocenters. The monoisotopic (exact) mass is 573 g/mol. The molecule has 0 spiro atoms. The van der Waals surface area contributed by atoms with Crippen LogP contribution in [0, 0.1) is 23.4 Å². The maximum atomic E-state index is 14.2. The van der Waals surface area contributed by atoms with Crippen LogP contribution in [0.25, 0.3) is 11.1 Å². The quantitative estimate of drug-likeness (QED) is 0.337. The van der Waals surface area contributed by atoms with E-state index in [0.29, 0.717) is 22.7 Å². The first-order valence-corrected chi connectivity index (χ1v) is 13.4. The molecular weight excluding hydrogens is 547 g/mol. The van der Waals surface area contributed by atoms with Crippen LogP contribution in [0.3, 0.4) is 0 Å². The maximum Gasteiger partial charge on any atom is 0.251 e. The minimum absolute atomic E-state index is 0.0283. The van der Waals surface area contributed by atoms with Crippen LogP contribution in [-0.4, -0.2) is 40.7 Å². The Bertz CT molecular complexity index is 1670. The number of halogens is 3. The summed E-state index contributed by atoms with van der Waals surface area (Å²) in [4.78, 5) is 41.5. The Labute approximate surface area is 239 Å². The lowest BCUT2D eigenvalue weighted by Gasteiger charge is -2.35. The summed E-state index contributed by atoms with van der Waals surface area (Å²) < 4.78 is 42.5. The van der Waals surface area contributed by atoms with Crippen molar-refractivity contribution < 1.29 is 27.6 Å². The molecule has 2 bridgehead atoms. The summed E-state index contributed by atoms with van der Waals surface area (Å²) in [7, 11) is 0. The van der Waals surface area contributed by atoms with Crippen LogP contribution in [0.2, 0.25) is 0 Å². The van der Waals surface area contributed by atoms with Crippen molar-refractivity contribution in [1.29, 1.82) is 0 Å². The highest BCUT2D eigenvalue weighted by atomic mass is 19.1. The fourth-order valence-corrected chi connectivity index (χ4v) is 5.98. The molecule has 0 radical (unpaired) electrons. The molecule has 1 aromatic heterocycles. The molecule has 1 aliphatic heterocycles. The molecule has 214 valence electrons. The summed E-state index contributed by atoms with van der Waals surface area (Å²) in [6.45, 7) is -0.135. The first kappa shape index (κ1) is 27.4. The second-order valence-electron chi connectivity index (χ2n) is 10.7. The molecule has 8 nitrogen and oxygen atoms in total. The van der Waals surface area contributed by atoms with E-state index in [1.807, 2.05) is 0 Å². The topological polar surface area (TPSA) is 117 Å². The van der Waals surface area contributed by atoms with Gasteiger partial charge in [-0.05, 0) is 77.8 Å². The van der Waals surface area contributed by atoms with Crippen molar-refractivity contribution in [2.75, 3.05) is 6.54 Å². The van der Waals surface area contributed by atoms with Gasteiger partial charge in [0.25, 0.3) is 5.91 Å². The lowest BCUT2D eigenvalue weighted by atomic mass is 9.73. The van der Waals surface area contributed by atoms with Gasteiger partial charge in [0.2, 0.25) is 5.91 Å². The molecule has 7 rings (SSSR count). The second-order valence-corrected chi connectivity index (χ2v) is 10.7. The van der Waals surface area contributed by atoms with Crippen molar-refractivity contribution in [3.8, 4) is 11.1 Å². The predicted octanol–water partition coefficient (Wildman–Crippen LogP) is 3.66. The van der Waals surface area contributed by atoms with E-state index in [2.05, 4.69) is 21.8 Å². The fourth-order valence-electron chi connectivity index (χ4n) is 5.98. The molecule has 3 aromatic rings. The first-order chi connectivity index (χ1) is 20.2. The fraction of sp³-hybridized carbons (Fsp3) is 0.226. The number of primary amides is 1. The minimum Gasteiger partial charge on any atom is -0.366 e. The van der Waals surface area contributed by atoms with Crippen molar-refractivity contribution in [2.24, 2.45) is 11.7 Å². The average Bonchev–Trinajstić information content (AvgIpc) is 3.30. The number of hydrogen-bond donors (Lipinski definition) is 3. The SMILES string of the molecule is NC(=O)c1cc(-c2cccnc2[C@H](Cc2cc(F)cc(F)c2)NC(=O)CN2N[C@H](C=O)C3=C2C2=C[C@@H](C2)C3)ccc1F. The van der Waals surface area contributed by atoms with E-state index in [0.717, 1.165) is 48.1 Å². The normalized spacial score (nSPS) is 19.5. The van der Waals surface area contributed by atoms with Gasteiger partial charge in [-0.3, -0.25) is 19.6 Å². The summed E-state index contributed by atoms with van der Waals surface area (Å²) in [5.74, 6) is -3.30. The van der Waals surface area contributed by atoms with Gasteiger partial charge in [0.1, 0.15) is 36.3 Å². The average molecular weight is 574 g/mol. The van der Waals surface area contributed by atoms with Crippen molar-refractivity contribution >= 4 is 18.1 Å². The van der Waals surface area contributed by atoms with Gasteiger partial charge in [-0.2, -0.15) is 0 Å². The standard InChI is InChI=1S/C31H26F3N5O3/c32-20-8-17(9-21(33)13-20)11-26(29-22(2-1-5-36-29)18-3-4-25(34)23(12-18)31(35)42)37-28(41)14-39-30-19-6-16(7-19)10-24(30)27(15-40)38-39/h1-6,8-9,12-13,15-16,26-27,38H,7,10-11,14H2,(H2,35,42)(H,37,41)/t16-,26-,27+/m0/s1. The van der Waals surface area contributed by atoms with Crippen molar-refractivity contribution in [2.45, 2.75) is 31.3 Å². The summed E-state index contributed by atoms with van der Waals surface area (Å²) in [6.07, 6.45) is 6.08. The van der Waals surface area contributed by atoms with E-state index in [-0.39, 0.29) is 24.1 Å². The smallest absolute Gasteiger partial charge is 0.251 e. The molecule has 2 amide bonds. The number of pyridine rings is 1. The molecule has 4 aliphatic rings. The summed E-state index contributed by atoms with van der Waals surface area (Å²) in [5, 5.41) is 4.61. The van der Waals surface area contributed by atoms with E-state index < -0.39 is 41.3 Å². The Morgan fingerprint density at radius 1 is 1.12 bits per heavy atom. The molecule has 0 fully saturated rings. The highest BCUT2D eigenvalue weighted by Gasteiger charge is 2.42. The molecule has 2 aromatic carbocycles. The number of hydrogen-bond acceptors (Lipinski definition) is 6. The number of nitrogens with two attached hydrogens (primary N) is 1. The second kappa shape index (κ2) is 10.9. The van der Waals surface area contributed by atoms with Crippen LogP contribution >= 0.6 is 0 Å². The van der Waals surface area contributed by atoms with E-state index in [1.165, 1.54) is 30.5 Å². The first-order valence-electron chi connectivity index (χ1n) is 13.4. The molecule has 3 atom stereocenters. The number of aldehydes is 1. The number of hydrazine groups is 1. The zero-order valence-corrected chi connectivity index (χ0v) is 22.2. The predicted molar refractivity (Wildman–Crippen MR) is 147 cm³/mol. The third kappa shape index (κ3) is 5.18. The molecular formula is C31H26F3N5O3. The molecule has 42 heavy (non-hydrogen) atoms. The Balaban J connectivity index is 1.33. The lowest BCUT2D eigenvalue weighted by molar-refractivity contribution is -0.123. The van der Waals surface area contributed by atoms with Crippen molar-refractivity contribution in [3.05, 3.63) is 112 Å². The van der Waals surface area contributed by atoms with Crippen molar-refractivity contribution in [1.82, 2.24) is 20.7 Å². The third-order valence-corrected chi connectivity index (χ3v) is 7.80. The van der Waals surface area contributed by atoms with Crippen LogP contribution in [0.1, 0.15) is 40.5 Å². The van der Waals surface area contributed by atoms with Gasteiger partial charge in [0, 0.05) is 17.8 Å². The number of aromatic nitrogens is 1. The van der Waals surface area contributed by atoms with E-state index >= 15 is 0 Å². The molecule has 3 aliphatic carbocycles. The molecule has 0 saturated carbocycles. The lowest BCUT2D eigenvalue weighted by Crippen LogP contribution is -2.45. The number of benzene rings is 2. The summed E-state index contributed by atoms with van der Waals surface area (Å²) >= 11 is 0. The van der Waals surface area contributed by atoms with Gasteiger partial charge in [0.05, 0.1) is 23.0 Å². The molecule has 2 heterocycles. The summed E-state index contributed by atoms with van der Waals surface area (Å²) in [6, 6.07) is 8.88. The Morgan fingerprint density at radius 3 is 2.60 bits per heavy atom. The Kier molecular flexibility index (Phi) is 7.11. The summed E-state index contributed by atoms with van der Waals surface area (Å²) in [5.41, 5.74) is 12.5. The van der Waals surface area contributed by atoms with E-state index in [4.69, 9.17) is 5.73 Å². The van der Waals surface area contributed by atoms with Gasteiger partial charge in [-0.25, -0.2) is 18.6 Å². The number of allylic oxidation sites excluding steroid dienone is 2. The van der Waals surface area contributed by atoms with Gasteiger partial charge >= 0.3 is 0 Å². The molecule has 11 heteroatoms. The Morgan fingerprint density at radius 2 is 1.88 bits per heavy atom. The third-order valence-electron chi connectivity index (χ3n) is 7.80. The van der Waals surface area contributed by atoms with Crippen LogP contribution in [0.4, 0.5) is 13.2 Å². The maximum absolute atomic E-state index is 14.2. The van der Waals surface area contributed by atoms with Gasteiger partial charge in [-0.1, -0.05) is 18.2 Å². The van der Waals surface area contributed by atoms with Gasteiger partial charge < -0.3 is 15.8 Å². The number of carbonyl (C=O) groups is 3. The van der Waals surface area contributed by atoms with Crippen molar-refractivity contribution in [3.63, 3.8) is 0 Å².